The van der Waals surface area contributed by atoms with Gasteiger partial charge in [0.05, 0.1) is 0 Å². The molecule has 0 aromatic heterocycles. The number of hydrogen-bond acceptors (Lipinski definition) is 1. The predicted molar refractivity (Wildman–Crippen MR) is 50.7 cm³/mol. The van der Waals surface area contributed by atoms with Crippen LogP contribution in [0.3, 0.4) is 0 Å². The third-order valence-corrected chi connectivity index (χ3v) is 2.05. The highest BCUT2D eigenvalue weighted by Gasteiger charge is 2.27. The van der Waals surface area contributed by atoms with Crippen molar-refractivity contribution in [1.82, 2.24) is 0 Å². The van der Waals surface area contributed by atoms with Gasteiger partial charge < -0.3 is 5.73 Å². The first kappa shape index (κ1) is 15.1. The van der Waals surface area contributed by atoms with Crippen LogP contribution in [0.4, 0.5) is 22.0 Å². The Morgan fingerprint density at radius 1 is 0.875 bits per heavy atom. The third kappa shape index (κ3) is 2.27. The lowest BCUT2D eigenvalue weighted by Gasteiger charge is -2.13. The van der Waals surface area contributed by atoms with Crippen LogP contribution in [-0.4, -0.2) is 0 Å². The maximum absolute atomic E-state index is 13.0. The smallest absolute Gasteiger partial charge is 0.200 e. The van der Waals surface area contributed by atoms with Crippen LogP contribution in [0.25, 0.3) is 0 Å². The van der Waals surface area contributed by atoms with E-state index in [2.05, 4.69) is 0 Å². The molecule has 0 saturated heterocycles. The van der Waals surface area contributed by atoms with Gasteiger partial charge in [0.2, 0.25) is 5.82 Å². The van der Waals surface area contributed by atoms with Gasteiger partial charge in [-0.25, -0.2) is 22.0 Å². The minimum atomic E-state index is -2.17. The summed E-state index contributed by atoms with van der Waals surface area (Å²) in [4.78, 5) is 0. The van der Waals surface area contributed by atoms with Gasteiger partial charge >= 0.3 is 0 Å². The maximum Gasteiger partial charge on any atom is 0.200 e. The lowest BCUT2D eigenvalue weighted by Crippen LogP contribution is -2.17. The molecule has 1 aromatic rings. The quantitative estimate of drug-likeness (QED) is 0.494. The highest BCUT2D eigenvalue weighted by molar-refractivity contribution is 5.85. The summed E-state index contributed by atoms with van der Waals surface area (Å²) >= 11 is 0. The lowest BCUT2D eigenvalue weighted by molar-refractivity contribution is 0.363. The van der Waals surface area contributed by atoms with E-state index in [9.17, 15) is 22.0 Å². The van der Waals surface area contributed by atoms with E-state index in [0.29, 0.717) is 0 Å². The zero-order valence-electron chi connectivity index (χ0n) is 8.16. The van der Waals surface area contributed by atoms with Gasteiger partial charge in [0.15, 0.2) is 23.3 Å². The molecule has 0 aliphatic rings. The van der Waals surface area contributed by atoms with Crippen LogP contribution in [0.2, 0.25) is 0 Å². The molecule has 7 heteroatoms. The van der Waals surface area contributed by atoms with Gasteiger partial charge in [-0.05, 0) is 6.42 Å². The number of nitrogens with two attached hydrogens (primary N) is 1. The van der Waals surface area contributed by atoms with Crippen molar-refractivity contribution in [2.24, 2.45) is 5.73 Å². The molecule has 92 valence electrons. The molecule has 0 aliphatic carbocycles. The number of rotatable bonds is 2. The Bertz CT molecular complexity index is 367. The van der Waals surface area contributed by atoms with E-state index in [1.54, 1.807) is 0 Å². The Labute approximate surface area is 94.8 Å². The molecule has 0 aliphatic heterocycles. The van der Waals surface area contributed by atoms with Crippen LogP contribution in [0.5, 0.6) is 0 Å². The van der Waals surface area contributed by atoms with Crippen molar-refractivity contribution >= 4 is 12.4 Å². The van der Waals surface area contributed by atoms with Gasteiger partial charge in [0.1, 0.15) is 0 Å². The van der Waals surface area contributed by atoms with Crippen LogP contribution in [0.1, 0.15) is 24.9 Å². The Kier molecular flexibility index (Phi) is 5.15. The largest absolute Gasteiger partial charge is 0.324 e. The number of benzene rings is 1. The van der Waals surface area contributed by atoms with Crippen LogP contribution in [-0.2, 0) is 0 Å². The van der Waals surface area contributed by atoms with E-state index in [1.807, 2.05) is 0 Å². The zero-order chi connectivity index (χ0) is 11.7. The predicted octanol–water partition coefficient (Wildman–Crippen LogP) is 3.21. The molecule has 0 amide bonds. The van der Waals surface area contributed by atoms with E-state index in [4.69, 9.17) is 5.73 Å². The van der Waals surface area contributed by atoms with Gasteiger partial charge in [-0.3, -0.25) is 0 Å². The third-order valence-electron chi connectivity index (χ3n) is 2.05. The Morgan fingerprint density at radius 2 is 1.19 bits per heavy atom. The second kappa shape index (κ2) is 5.45. The first-order valence-electron chi connectivity index (χ1n) is 4.18. The first-order valence-corrected chi connectivity index (χ1v) is 4.18. The molecule has 0 spiro atoms. The summed E-state index contributed by atoms with van der Waals surface area (Å²) in [6, 6.07) is -1.21. The van der Waals surface area contributed by atoms with E-state index in [-0.39, 0.29) is 18.8 Å². The van der Waals surface area contributed by atoms with E-state index in [1.165, 1.54) is 6.92 Å². The molecule has 1 rings (SSSR count). The second-order valence-electron chi connectivity index (χ2n) is 3.00. The fourth-order valence-electron chi connectivity index (χ4n) is 1.15. The molecular formula is C9H9ClF5N. The average molecular weight is 262 g/mol. The number of halogens is 6. The molecule has 2 N–H and O–H groups in total. The fourth-order valence-corrected chi connectivity index (χ4v) is 1.15. The highest BCUT2D eigenvalue weighted by atomic mass is 35.5. The monoisotopic (exact) mass is 261 g/mol. The van der Waals surface area contributed by atoms with E-state index < -0.39 is 40.7 Å². The Balaban J connectivity index is 0.00000225. The standard InChI is InChI=1S/C9H8F5N.ClH/c1-2-3(15)4-5(10)7(12)9(14)8(13)6(4)11;/h3H,2,15H2,1H3;1H/t3-;/m1./s1. The molecule has 0 heterocycles. The minimum absolute atomic E-state index is 0. The molecule has 1 atom stereocenters. The molecule has 0 bridgehead atoms. The second-order valence-corrected chi connectivity index (χ2v) is 3.00. The summed E-state index contributed by atoms with van der Waals surface area (Å²) in [5.74, 6) is -9.82. The molecular weight excluding hydrogens is 253 g/mol. The van der Waals surface area contributed by atoms with Gasteiger partial charge in [0.25, 0.3) is 0 Å². The molecule has 0 radical (unpaired) electrons. The lowest BCUT2D eigenvalue weighted by atomic mass is 10.0. The molecule has 0 unspecified atom stereocenters. The highest BCUT2D eigenvalue weighted by Crippen LogP contribution is 2.27. The molecule has 0 fully saturated rings. The summed E-state index contributed by atoms with van der Waals surface area (Å²) in [6.07, 6.45) is 0.0678. The Hall–Kier alpha value is -0.880. The van der Waals surface area contributed by atoms with Crippen LogP contribution in [0, 0.1) is 29.1 Å². The van der Waals surface area contributed by atoms with Crippen LogP contribution in [0.15, 0.2) is 0 Å². The summed E-state index contributed by atoms with van der Waals surface area (Å²) in [7, 11) is 0. The Morgan fingerprint density at radius 3 is 1.50 bits per heavy atom. The normalized spacial score (nSPS) is 12.2. The molecule has 1 nitrogen and oxygen atoms in total. The summed E-state index contributed by atoms with van der Waals surface area (Å²) < 4.78 is 64.0. The van der Waals surface area contributed by atoms with Gasteiger partial charge in [-0.2, -0.15) is 0 Å². The topological polar surface area (TPSA) is 26.0 Å². The van der Waals surface area contributed by atoms with Gasteiger partial charge in [0, 0.05) is 11.6 Å². The van der Waals surface area contributed by atoms with Crippen molar-refractivity contribution in [3.63, 3.8) is 0 Å². The van der Waals surface area contributed by atoms with E-state index >= 15 is 0 Å². The van der Waals surface area contributed by atoms with Crippen LogP contribution < -0.4 is 5.73 Å². The molecule has 1 aromatic carbocycles. The fraction of sp³-hybridized carbons (Fsp3) is 0.333. The van der Waals surface area contributed by atoms with E-state index in [0.717, 1.165) is 0 Å². The zero-order valence-corrected chi connectivity index (χ0v) is 8.98. The van der Waals surface area contributed by atoms with Gasteiger partial charge in [-0.1, -0.05) is 6.92 Å². The molecule has 0 saturated carbocycles. The minimum Gasteiger partial charge on any atom is -0.324 e. The van der Waals surface area contributed by atoms with Gasteiger partial charge in [-0.15, -0.1) is 12.4 Å². The SMILES string of the molecule is CC[C@@H](N)c1c(F)c(F)c(F)c(F)c1F.Cl. The first-order chi connectivity index (χ1) is 6.91. The van der Waals surface area contributed by atoms with Crippen molar-refractivity contribution in [3.8, 4) is 0 Å². The average Bonchev–Trinajstić information content (AvgIpc) is 2.23. The van der Waals surface area contributed by atoms with Crippen molar-refractivity contribution in [3.05, 3.63) is 34.6 Å². The summed E-state index contributed by atoms with van der Waals surface area (Å²) in [5, 5.41) is 0. The summed E-state index contributed by atoms with van der Waals surface area (Å²) in [6.45, 7) is 1.47. The molecule has 16 heavy (non-hydrogen) atoms. The number of hydrogen-bond donors (Lipinski definition) is 1. The van der Waals surface area contributed by atoms with Crippen molar-refractivity contribution < 1.29 is 22.0 Å². The maximum atomic E-state index is 13.0. The van der Waals surface area contributed by atoms with Crippen molar-refractivity contribution in [1.29, 1.82) is 0 Å². The van der Waals surface area contributed by atoms with Crippen LogP contribution >= 0.6 is 12.4 Å². The summed E-state index contributed by atoms with van der Waals surface area (Å²) in [5.41, 5.74) is 4.28. The van der Waals surface area contributed by atoms with Crippen molar-refractivity contribution in [2.45, 2.75) is 19.4 Å². The van der Waals surface area contributed by atoms with Crippen molar-refractivity contribution in [2.75, 3.05) is 0 Å².